The van der Waals surface area contributed by atoms with Gasteiger partial charge in [-0.25, -0.2) is 14.4 Å². The van der Waals surface area contributed by atoms with Crippen LogP contribution < -0.4 is 10.2 Å². The van der Waals surface area contributed by atoms with E-state index in [1.54, 1.807) is 0 Å². The molecule has 3 fully saturated rings. The predicted molar refractivity (Wildman–Crippen MR) is 102 cm³/mol. The van der Waals surface area contributed by atoms with Gasteiger partial charge in [-0.2, -0.15) is 0 Å². The maximum absolute atomic E-state index is 13.1. The van der Waals surface area contributed by atoms with Crippen molar-refractivity contribution in [3.05, 3.63) is 53.6 Å². The molecule has 4 heterocycles. The number of aromatic nitrogens is 2. The van der Waals surface area contributed by atoms with E-state index in [0.717, 1.165) is 31.5 Å². The second-order valence-electron chi connectivity index (χ2n) is 8.19. The summed E-state index contributed by atoms with van der Waals surface area (Å²) in [6, 6.07) is 7.60. The zero-order valence-corrected chi connectivity index (χ0v) is 15.8. The minimum absolute atomic E-state index is 0.0476. The second-order valence-corrected chi connectivity index (χ2v) is 8.19. The molecule has 4 atom stereocenters. The molecule has 0 aliphatic carbocycles. The lowest BCUT2D eigenvalue weighted by Crippen LogP contribution is -2.41. The summed E-state index contributed by atoms with van der Waals surface area (Å²) >= 11 is 0. The number of aryl methyl sites for hydroxylation is 1. The van der Waals surface area contributed by atoms with Gasteiger partial charge in [0.2, 0.25) is 5.95 Å². The van der Waals surface area contributed by atoms with Crippen molar-refractivity contribution in [2.75, 3.05) is 24.5 Å². The molecule has 6 nitrogen and oxygen atoms in total. The van der Waals surface area contributed by atoms with E-state index in [2.05, 4.69) is 20.2 Å². The molecule has 7 heteroatoms. The highest BCUT2D eigenvalue weighted by Gasteiger charge is 2.63. The molecule has 5 rings (SSSR count). The first kappa shape index (κ1) is 17.6. The van der Waals surface area contributed by atoms with Gasteiger partial charge in [-0.05, 0) is 31.9 Å². The van der Waals surface area contributed by atoms with E-state index >= 15 is 0 Å². The van der Waals surface area contributed by atoms with Crippen LogP contribution in [0.4, 0.5) is 10.3 Å². The number of ether oxygens (including phenoxy) is 1. The summed E-state index contributed by atoms with van der Waals surface area (Å²) in [6.45, 7) is 4.10. The number of rotatable bonds is 4. The van der Waals surface area contributed by atoms with E-state index in [1.165, 1.54) is 12.4 Å². The van der Waals surface area contributed by atoms with Gasteiger partial charge in [-0.1, -0.05) is 17.7 Å². The molecule has 3 saturated heterocycles. The van der Waals surface area contributed by atoms with Crippen LogP contribution in [0.25, 0.3) is 0 Å². The number of amides is 1. The number of benzene rings is 1. The summed E-state index contributed by atoms with van der Waals surface area (Å²) < 4.78 is 19.5. The third kappa shape index (κ3) is 2.85. The molecule has 2 bridgehead atoms. The van der Waals surface area contributed by atoms with E-state index in [1.807, 2.05) is 31.2 Å². The summed E-state index contributed by atoms with van der Waals surface area (Å²) in [4.78, 5) is 22.8. The van der Waals surface area contributed by atoms with Gasteiger partial charge in [0.15, 0.2) is 5.82 Å². The Morgan fingerprint density at radius 2 is 2.07 bits per heavy atom. The van der Waals surface area contributed by atoms with Gasteiger partial charge < -0.3 is 15.0 Å². The SMILES string of the molecule is Cc1ccc(C(=O)NC[C@H]2[C@H]3CN(c4ncc(F)cn4)C[C@]34CC[C@H]2O4)cc1. The van der Waals surface area contributed by atoms with Gasteiger partial charge in [0, 0.05) is 30.5 Å². The van der Waals surface area contributed by atoms with Gasteiger partial charge >= 0.3 is 0 Å². The number of hydrogen-bond acceptors (Lipinski definition) is 5. The van der Waals surface area contributed by atoms with Crippen LogP contribution in [-0.2, 0) is 4.74 Å². The number of hydrogen-bond donors (Lipinski definition) is 1. The van der Waals surface area contributed by atoms with Crippen molar-refractivity contribution in [1.29, 1.82) is 0 Å². The van der Waals surface area contributed by atoms with E-state index in [4.69, 9.17) is 4.74 Å². The lowest BCUT2D eigenvalue weighted by molar-refractivity contribution is 0.0141. The maximum Gasteiger partial charge on any atom is 0.251 e. The fourth-order valence-corrected chi connectivity index (χ4v) is 5.10. The molecule has 1 aromatic heterocycles. The number of nitrogens with one attached hydrogen (secondary N) is 1. The molecule has 28 heavy (non-hydrogen) atoms. The van der Waals surface area contributed by atoms with Crippen molar-refractivity contribution in [2.45, 2.75) is 31.5 Å². The van der Waals surface area contributed by atoms with Gasteiger partial charge in [0.05, 0.1) is 30.6 Å². The Hall–Kier alpha value is -2.54. The standard InChI is InChI=1S/C21H23FN4O2/c1-13-2-4-14(5-3-13)19(27)23-10-16-17-11-26(20-24-8-15(22)9-25-20)12-21(17)7-6-18(16)28-21/h2-5,8-9,16-18H,6-7,10-12H2,1H3,(H,23,27)/t16-,17+,18+,21+/m0/s1. The molecule has 0 unspecified atom stereocenters. The Balaban J connectivity index is 1.28. The number of nitrogens with zero attached hydrogens (tertiary/aromatic N) is 3. The van der Waals surface area contributed by atoms with Gasteiger partial charge in [-0.3, -0.25) is 4.79 Å². The molecule has 0 saturated carbocycles. The van der Waals surface area contributed by atoms with Gasteiger partial charge in [0.25, 0.3) is 5.91 Å². The number of anilines is 1. The fraction of sp³-hybridized carbons (Fsp3) is 0.476. The fourth-order valence-electron chi connectivity index (χ4n) is 5.10. The Labute approximate surface area is 163 Å². The summed E-state index contributed by atoms with van der Waals surface area (Å²) in [5.41, 5.74) is 1.62. The van der Waals surface area contributed by atoms with Crippen LogP contribution in [0, 0.1) is 24.6 Å². The van der Waals surface area contributed by atoms with Crippen LogP contribution >= 0.6 is 0 Å². The molecule has 1 spiro atoms. The second kappa shape index (κ2) is 6.51. The van der Waals surface area contributed by atoms with Crippen molar-refractivity contribution in [2.24, 2.45) is 11.8 Å². The Morgan fingerprint density at radius 3 is 2.82 bits per heavy atom. The molecular weight excluding hydrogens is 359 g/mol. The molecule has 146 valence electrons. The molecule has 3 aliphatic rings. The summed E-state index contributed by atoms with van der Waals surface area (Å²) in [7, 11) is 0. The smallest absolute Gasteiger partial charge is 0.251 e. The Morgan fingerprint density at radius 1 is 1.32 bits per heavy atom. The highest BCUT2D eigenvalue weighted by Crippen LogP contribution is 2.54. The first-order valence-electron chi connectivity index (χ1n) is 9.79. The largest absolute Gasteiger partial charge is 0.369 e. The summed E-state index contributed by atoms with van der Waals surface area (Å²) in [6.07, 6.45) is 4.62. The topological polar surface area (TPSA) is 67.4 Å². The third-order valence-corrected chi connectivity index (χ3v) is 6.49. The van der Waals surface area contributed by atoms with Crippen LogP contribution in [-0.4, -0.2) is 47.2 Å². The van der Waals surface area contributed by atoms with E-state index in [9.17, 15) is 9.18 Å². The highest BCUT2D eigenvalue weighted by molar-refractivity contribution is 5.94. The Bertz CT molecular complexity index is 888. The average molecular weight is 382 g/mol. The Kier molecular flexibility index (Phi) is 4.08. The van der Waals surface area contributed by atoms with Crippen molar-refractivity contribution in [3.8, 4) is 0 Å². The number of fused-ring (bicyclic) bond motifs is 1. The zero-order chi connectivity index (χ0) is 19.3. The van der Waals surface area contributed by atoms with Gasteiger partial charge in [-0.15, -0.1) is 0 Å². The zero-order valence-electron chi connectivity index (χ0n) is 15.8. The first-order chi connectivity index (χ1) is 13.5. The molecule has 1 amide bonds. The van der Waals surface area contributed by atoms with Crippen molar-refractivity contribution in [1.82, 2.24) is 15.3 Å². The predicted octanol–water partition coefficient (Wildman–Crippen LogP) is 2.34. The van der Waals surface area contributed by atoms with Crippen molar-refractivity contribution < 1.29 is 13.9 Å². The number of carbonyl (C=O) groups excluding carboxylic acids is 1. The van der Waals surface area contributed by atoms with E-state index in [0.29, 0.717) is 24.0 Å². The lowest BCUT2D eigenvalue weighted by Gasteiger charge is -2.29. The number of halogens is 1. The highest BCUT2D eigenvalue weighted by atomic mass is 19.1. The first-order valence-corrected chi connectivity index (χ1v) is 9.79. The maximum atomic E-state index is 13.1. The summed E-state index contributed by atoms with van der Waals surface area (Å²) in [5.74, 6) is 0.648. The minimum Gasteiger partial charge on any atom is -0.369 e. The monoisotopic (exact) mass is 382 g/mol. The molecule has 3 aliphatic heterocycles. The quantitative estimate of drug-likeness (QED) is 0.879. The van der Waals surface area contributed by atoms with Crippen LogP contribution in [0.15, 0.2) is 36.7 Å². The third-order valence-electron chi connectivity index (χ3n) is 6.49. The van der Waals surface area contributed by atoms with Gasteiger partial charge in [0.1, 0.15) is 0 Å². The minimum atomic E-state index is -0.435. The number of carbonyl (C=O) groups is 1. The molecule has 1 N–H and O–H groups in total. The normalized spacial score (nSPS) is 30.5. The molecule has 1 aromatic carbocycles. The van der Waals surface area contributed by atoms with Crippen molar-refractivity contribution >= 4 is 11.9 Å². The van der Waals surface area contributed by atoms with Crippen molar-refractivity contribution in [3.63, 3.8) is 0 Å². The van der Waals surface area contributed by atoms with Crippen LogP contribution in [0.1, 0.15) is 28.8 Å². The van der Waals surface area contributed by atoms with E-state index in [-0.39, 0.29) is 23.5 Å². The van der Waals surface area contributed by atoms with Crippen LogP contribution in [0.5, 0.6) is 0 Å². The van der Waals surface area contributed by atoms with Crippen LogP contribution in [0.3, 0.4) is 0 Å². The molecule has 2 aromatic rings. The lowest BCUT2D eigenvalue weighted by atomic mass is 9.73. The average Bonchev–Trinajstić information content (AvgIpc) is 3.36. The van der Waals surface area contributed by atoms with Crippen LogP contribution in [0.2, 0.25) is 0 Å². The summed E-state index contributed by atoms with van der Waals surface area (Å²) in [5, 5.41) is 3.10. The molecule has 0 radical (unpaired) electrons. The molecular formula is C21H23FN4O2. The van der Waals surface area contributed by atoms with E-state index < -0.39 is 5.82 Å².